The van der Waals surface area contributed by atoms with Crippen LogP contribution in [0.4, 0.5) is 5.82 Å². The van der Waals surface area contributed by atoms with Gasteiger partial charge in [-0.25, -0.2) is 0 Å². The first-order chi connectivity index (χ1) is 14.2. The smallest absolute Gasteiger partial charge is 0.258 e. The second kappa shape index (κ2) is 9.17. The maximum atomic E-state index is 12.5. The van der Waals surface area contributed by atoms with Gasteiger partial charge in [-0.1, -0.05) is 25.4 Å². The number of carbonyl (C=O) groups is 1. The Kier molecular flexibility index (Phi) is 6.62. The van der Waals surface area contributed by atoms with E-state index in [-0.39, 0.29) is 11.7 Å². The van der Waals surface area contributed by atoms with E-state index in [2.05, 4.69) is 29.2 Å². The molecule has 0 atom stereocenters. The Hall–Kier alpha value is -3.06. The molecule has 30 heavy (non-hydrogen) atoms. The quantitative estimate of drug-likeness (QED) is 0.574. The van der Waals surface area contributed by atoms with Gasteiger partial charge in [-0.05, 0) is 44.0 Å². The average molecular weight is 429 g/mol. The van der Waals surface area contributed by atoms with Crippen molar-refractivity contribution in [3.63, 3.8) is 0 Å². The van der Waals surface area contributed by atoms with E-state index in [1.54, 1.807) is 41.9 Å². The Morgan fingerprint density at radius 2 is 2.03 bits per heavy atom. The van der Waals surface area contributed by atoms with Crippen LogP contribution >= 0.6 is 11.6 Å². The number of nitrogens with one attached hydrogen (secondary N) is 1. The Morgan fingerprint density at radius 1 is 1.27 bits per heavy atom. The molecule has 8 heteroatoms. The van der Waals surface area contributed by atoms with Crippen molar-refractivity contribution in [2.45, 2.75) is 34.2 Å². The van der Waals surface area contributed by atoms with Gasteiger partial charge in [0.1, 0.15) is 11.5 Å². The van der Waals surface area contributed by atoms with Crippen molar-refractivity contribution in [2.24, 2.45) is 5.92 Å². The maximum Gasteiger partial charge on any atom is 0.258 e. The predicted molar refractivity (Wildman–Crippen MR) is 116 cm³/mol. The Morgan fingerprint density at radius 3 is 2.73 bits per heavy atom. The largest absolute Gasteiger partial charge is 0.508 e. The van der Waals surface area contributed by atoms with Crippen molar-refractivity contribution in [3.8, 4) is 11.5 Å². The second-order valence-electron chi connectivity index (χ2n) is 7.57. The van der Waals surface area contributed by atoms with Gasteiger partial charge in [0.25, 0.3) is 5.91 Å². The number of halogens is 1. The molecule has 0 aliphatic rings. The summed E-state index contributed by atoms with van der Waals surface area (Å²) in [5.74, 6) is 1.31. The van der Waals surface area contributed by atoms with Gasteiger partial charge in [-0.2, -0.15) is 5.10 Å². The highest BCUT2D eigenvalue weighted by atomic mass is 35.5. The molecule has 0 aliphatic heterocycles. The minimum Gasteiger partial charge on any atom is -0.508 e. The zero-order chi connectivity index (χ0) is 21.8. The van der Waals surface area contributed by atoms with Crippen LogP contribution in [-0.2, 0) is 6.54 Å². The monoisotopic (exact) mass is 428 g/mol. The third kappa shape index (κ3) is 5.30. The molecule has 0 aliphatic carbocycles. The number of anilines is 1. The molecular weight excluding hydrogens is 404 g/mol. The van der Waals surface area contributed by atoms with Crippen molar-refractivity contribution < 1.29 is 14.6 Å². The van der Waals surface area contributed by atoms with Crippen molar-refractivity contribution in [3.05, 3.63) is 64.1 Å². The van der Waals surface area contributed by atoms with Crippen molar-refractivity contribution in [2.75, 3.05) is 11.9 Å². The highest BCUT2D eigenvalue weighted by molar-refractivity contribution is 6.31. The van der Waals surface area contributed by atoms with Crippen LogP contribution in [-0.4, -0.2) is 32.4 Å². The van der Waals surface area contributed by atoms with Crippen molar-refractivity contribution in [1.29, 1.82) is 0 Å². The first-order valence-corrected chi connectivity index (χ1v) is 10.0. The number of hydrogen-bond donors (Lipinski definition) is 2. The molecule has 2 heterocycles. The number of amides is 1. The highest BCUT2D eigenvalue weighted by Crippen LogP contribution is 2.26. The molecular formula is C22H25ClN4O3. The van der Waals surface area contributed by atoms with E-state index in [9.17, 15) is 9.90 Å². The van der Waals surface area contributed by atoms with Gasteiger partial charge < -0.3 is 15.2 Å². The fraction of sp³-hybridized carbons (Fsp3) is 0.318. The number of aryl methyl sites for hydroxylation is 2. The molecule has 158 valence electrons. The van der Waals surface area contributed by atoms with Gasteiger partial charge in [0, 0.05) is 23.5 Å². The lowest BCUT2D eigenvalue weighted by Gasteiger charge is -2.14. The van der Waals surface area contributed by atoms with Gasteiger partial charge in [-0.15, -0.1) is 0 Å². The highest BCUT2D eigenvalue weighted by Gasteiger charge is 2.14. The summed E-state index contributed by atoms with van der Waals surface area (Å²) >= 11 is 6.06. The number of aromatic nitrogens is 3. The van der Waals surface area contributed by atoms with Gasteiger partial charge in [0.15, 0.2) is 5.82 Å². The normalized spacial score (nSPS) is 11.0. The standard InChI is InChI=1S/C22H25ClN4O3/c1-13(2)12-30-20-6-5-18(28)8-17(20)11-27-14(3)7-21(26-27)25-22(29)16-9-19(23)15(4)24-10-16/h5-10,13,28H,11-12H2,1-4H3,(H,25,26,29). The molecule has 7 nitrogen and oxygen atoms in total. The van der Waals surface area contributed by atoms with E-state index < -0.39 is 0 Å². The summed E-state index contributed by atoms with van der Waals surface area (Å²) in [7, 11) is 0. The average Bonchev–Trinajstić information content (AvgIpc) is 3.02. The summed E-state index contributed by atoms with van der Waals surface area (Å²) in [4.78, 5) is 16.6. The molecule has 0 bridgehead atoms. The second-order valence-corrected chi connectivity index (χ2v) is 7.98. The van der Waals surface area contributed by atoms with Crippen molar-refractivity contribution >= 4 is 23.3 Å². The summed E-state index contributed by atoms with van der Waals surface area (Å²) in [5, 5.41) is 17.6. The molecule has 0 unspecified atom stereocenters. The van der Waals surface area contributed by atoms with E-state index in [1.165, 1.54) is 6.20 Å². The Labute approximate surface area is 180 Å². The predicted octanol–water partition coefficient (Wildman–Crippen LogP) is 4.59. The number of aromatic hydroxyl groups is 1. The van der Waals surface area contributed by atoms with Gasteiger partial charge >= 0.3 is 0 Å². The summed E-state index contributed by atoms with van der Waals surface area (Å²) in [6.45, 7) is 8.78. The summed E-state index contributed by atoms with van der Waals surface area (Å²) in [6.07, 6.45) is 1.48. The van der Waals surface area contributed by atoms with Gasteiger partial charge in [-0.3, -0.25) is 14.5 Å². The first kappa shape index (κ1) is 21.6. The van der Waals surface area contributed by atoms with Crippen LogP contribution in [0.3, 0.4) is 0 Å². The molecule has 0 radical (unpaired) electrons. The number of benzene rings is 1. The van der Waals surface area contributed by atoms with E-state index in [4.69, 9.17) is 16.3 Å². The zero-order valence-electron chi connectivity index (χ0n) is 17.4. The lowest BCUT2D eigenvalue weighted by atomic mass is 10.2. The third-order valence-corrected chi connectivity index (χ3v) is 4.83. The van der Waals surface area contributed by atoms with E-state index >= 15 is 0 Å². The first-order valence-electron chi connectivity index (χ1n) is 9.65. The van der Waals surface area contributed by atoms with Crippen LogP contribution in [0, 0.1) is 19.8 Å². The number of nitrogens with zero attached hydrogens (tertiary/aromatic N) is 3. The number of phenolic OH excluding ortho intramolecular Hbond substituents is 1. The number of ether oxygens (including phenoxy) is 1. The number of pyridine rings is 1. The van der Waals surface area contributed by atoms with Crippen LogP contribution in [0.15, 0.2) is 36.5 Å². The number of hydrogen-bond acceptors (Lipinski definition) is 5. The number of carbonyl (C=O) groups excluding carboxylic acids is 1. The van der Waals surface area contributed by atoms with E-state index in [0.29, 0.717) is 46.9 Å². The fourth-order valence-corrected chi connectivity index (χ4v) is 2.96. The van der Waals surface area contributed by atoms with Crippen LogP contribution < -0.4 is 10.1 Å². The molecule has 2 aromatic heterocycles. The number of phenols is 1. The minimum absolute atomic E-state index is 0.156. The number of rotatable bonds is 7. The van der Waals surface area contributed by atoms with Crippen LogP contribution in [0.2, 0.25) is 5.02 Å². The molecule has 0 fully saturated rings. The van der Waals surface area contributed by atoms with Crippen LogP contribution in [0.1, 0.15) is 41.2 Å². The maximum absolute atomic E-state index is 12.5. The molecule has 3 rings (SSSR count). The zero-order valence-corrected chi connectivity index (χ0v) is 18.2. The molecule has 1 amide bonds. The minimum atomic E-state index is -0.340. The molecule has 3 aromatic rings. The molecule has 2 N–H and O–H groups in total. The SMILES string of the molecule is Cc1ncc(C(=O)Nc2cc(C)n(Cc3cc(O)ccc3OCC(C)C)n2)cc1Cl. The van der Waals surface area contributed by atoms with Gasteiger partial charge in [0.2, 0.25) is 0 Å². The van der Waals surface area contributed by atoms with Gasteiger partial charge in [0.05, 0.1) is 29.4 Å². The molecule has 0 saturated carbocycles. The Bertz CT molecular complexity index is 1060. The third-order valence-electron chi connectivity index (χ3n) is 4.45. The summed E-state index contributed by atoms with van der Waals surface area (Å²) < 4.78 is 7.62. The molecule has 0 saturated heterocycles. The summed E-state index contributed by atoms with van der Waals surface area (Å²) in [5.41, 5.74) is 2.67. The fourth-order valence-electron chi connectivity index (χ4n) is 2.80. The van der Waals surface area contributed by atoms with Crippen LogP contribution in [0.25, 0.3) is 0 Å². The van der Waals surface area contributed by atoms with Crippen molar-refractivity contribution in [1.82, 2.24) is 14.8 Å². The topological polar surface area (TPSA) is 89.3 Å². The molecule has 0 spiro atoms. The Balaban J connectivity index is 1.77. The van der Waals surface area contributed by atoms with E-state index in [1.807, 2.05) is 6.92 Å². The van der Waals surface area contributed by atoms with Crippen LogP contribution in [0.5, 0.6) is 11.5 Å². The lowest BCUT2D eigenvalue weighted by Crippen LogP contribution is -2.14. The van der Waals surface area contributed by atoms with E-state index in [0.717, 1.165) is 11.3 Å². The summed E-state index contributed by atoms with van der Waals surface area (Å²) in [6, 6.07) is 8.37. The lowest BCUT2D eigenvalue weighted by molar-refractivity contribution is 0.102. The molecule has 1 aromatic carbocycles.